The van der Waals surface area contributed by atoms with Crippen molar-refractivity contribution in [1.29, 1.82) is 0 Å². The summed E-state index contributed by atoms with van der Waals surface area (Å²) in [6, 6.07) is 19.1. The fourth-order valence-electron chi connectivity index (χ4n) is 1.96. The van der Waals surface area contributed by atoms with Crippen LogP contribution in [0.25, 0.3) is 0 Å². The number of carbonyl (C=O) groups excluding carboxylic acids is 1. The highest BCUT2D eigenvalue weighted by molar-refractivity contribution is 5.94. The lowest BCUT2D eigenvalue weighted by molar-refractivity contribution is 0.0937. The van der Waals surface area contributed by atoms with Gasteiger partial charge in [0.05, 0.1) is 6.04 Å². The fraction of sp³-hybridized carbons (Fsp3) is 0.118. The molecule has 0 saturated carbocycles. The summed E-state index contributed by atoms with van der Waals surface area (Å²) in [6.45, 7) is 3.75. The number of nitrogens with one attached hydrogen (secondary N) is 1. The van der Waals surface area contributed by atoms with Crippen molar-refractivity contribution in [2.75, 3.05) is 0 Å². The Hall–Kier alpha value is -2.35. The topological polar surface area (TPSA) is 29.1 Å². The predicted octanol–water partition coefficient (Wildman–Crippen LogP) is 3.73. The lowest BCUT2D eigenvalue weighted by Gasteiger charge is -2.17. The minimum Gasteiger partial charge on any atom is -0.345 e. The highest BCUT2D eigenvalue weighted by Gasteiger charge is 2.13. The van der Waals surface area contributed by atoms with Crippen LogP contribution in [0.1, 0.15) is 28.4 Å². The summed E-state index contributed by atoms with van der Waals surface area (Å²) in [7, 11) is 0. The molecule has 0 spiro atoms. The second-order valence-electron chi connectivity index (χ2n) is 4.33. The van der Waals surface area contributed by atoms with E-state index in [1.807, 2.05) is 66.7 Å². The van der Waals surface area contributed by atoms with Crippen LogP contribution in [0.15, 0.2) is 73.3 Å². The quantitative estimate of drug-likeness (QED) is 0.806. The maximum atomic E-state index is 12.2. The molecule has 2 nitrogen and oxygen atoms in total. The summed E-state index contributed by atoms with van der Waals surface area (Å²) in [5.41, 5.74) is 1.76. The van der Waals surface area contributed by atoms with Gasteiger partial charge < -0.3 is 5.32 Å². The maximum Gasteiger partial charge on any atom is 0.251 e. The van der Waals surface area contributed by atoms with Crippen LogP contribution in [-0.2, 0) is 0 Å². The van der Waals surface area contributed by atoms with Crippen LogP contribution < -0.4 is 5.32 Å². The lowest BCUT2D eigenvalue weighted by atomic mass is 10.0. The van der Waals surface area contributed by atoms with E-state index in [1.165, 1.54) is 0 Å². The molecule has 1 N–H and O–H groups in total. The monoisotopic (exact) mass is 251 g/mol. The third kappa shape index (κ3) is 3.55. The van der Waals surface area contributed by atoms with Crippen molar-refractivity contribution in [1.82, 2.24) is 5.32 Å². The summed E-state index contributed by atoms with van der Waals surface area (Å²) >= 11 is 0. The molecule has 0 saturated heterocycles. The Morgan fingerprint density at radius 2 is 1.63 bits per heavy atom. The second kappa shape index (κ2) is 6.55. The summed E-state index contributed by atoms with van der Waals surface area (Å²) in [5, 5.41) is 3.04. The molecule has 2 aromatic carbocycles. The molecule has 19 heavy (non-hydrogen) atoms. The zero-order valence-corrected chi connectivity index (χ0v) is 10.8. The number of rotatable bonds is 5. The summed E-state index contributed by atoms with van der Waals surface area (Å²) < 4.78 is 0. The molecule has 2 rings (SSSR count). The first-order valence-electron chi connectivity index (χ1n) is 6.33. The van der Waals surface area contributed by atoms with Crippen molar-refractivity contribution in [2.24, 2.45) is 0 Å². The van der Waals surface area contributed by atoms with Gasteiger partial charge in [-0.3, -0.25) is 4.79 Å². The van der Waals surface area contributed by atoms with E-state index in [4.69, 9.17) is 0 Å². The van der Waals surface area contributed by atoms with Gasteiger partial charge in [-0.05, 0) is 24.1 Å². The minimum absolute atomic E-state index is 0.0357. The molecule has 96 valence electrons. The lowest BCUT2D eigenvalue weighted by Crippen LogP contribution is -2.28. The summed E-state index contributed by atoms with van der Waals surface area (Å²) in [4.78, 5) is 12.2. The normalized spacial score (nSPS) is 11.6. The Kier molecular flexibility index (Phi) is 4.51. The maximum absolute atomic E-state index is 12.2. The Morgan fingerprint density at radius 1 is 1.05 bits per heavy atom. The smallest absolute Gasteiger partial charge is 0.251 e. The van der Waals surface area contributed by atoms with Crippen molar-refractivity contribution in [3.05, 3.63) is 84.4 Å². The number of hydrogen-bond donors (Lipinski definition) is 1. The molecular formula is C17H17NO. The van der Waals surface area contributed by atoms with Gasteiger partial charge in [-0.25, -0.2) is 0 Å². The van der Waals surface area contributed by atoms with E-state index in [1.54, 1.807) is 0 Å². The molecule has 1 atom stereocenters. The van der Waals surface area contributed by atoms with Crippen LogP contribution in [0.5, 0.6) is 0 Å². The third-order valence-corrected chi connectivity index (χ3v) is 2.95. The van der Waals surface area contributed by atoms with Gasteiger partial charge in [0, 0.05) is 5.56 Å². The highest BCUT2D eigenvalue weighted by atomic mass is 16.1. The van der Waals surface area contributed by atoms with Crippen molar-refractivity contribution in [3.63, 3.8) is 0 Å². The first-order chi connectivity index (χ1) is 9.31. The van der Waals surface area contributed by atoms with Gasteiger partial charge in [-0.1, -0.05) is 54.6 Å². The van der Waals surface area contributed by atoms with E-state index in [9.17, 15) is 4.79 Å². The van der Waals surface area contributed by atoms with Crippen LogP contribution >= 0.6 is 0 Å². The number of amides is 1. The molecule has 1 amide bonds. The number of benzene rings is 2. The SMILES string of the molecule is C=CC[C@@H](NC(=O)c1ccccc1)c1ccccc1. The zero-order valence-electron chi connectivity index (χ0n) is 10.8. The summed E-state index contributed by atoms with van der Waals surface area (Å²) in [6.07, 6.45) is 2.53. The van der Waals surface area contributed by atoms with E-state index in [2.05, 4.69) is 11.9 Å². The van der Waals surface area contributed by atoms with Crippen LogP contribution in [-0.4, -0.2) is 5.91 Å². The van der Waals surface area contributed by atoms with Gasteiger partial charge in [-0.2, -0.15) is 0 Å². The minimum atomic E-state index is -0.0590. The summed E-state index contributed by atoms with van der Waals surface area (Å²) in [5.74, 6) is -0.0590. The van der Waals surface area contributed by atoms with Gasteiger partial charge in [0.2, 0.25) is 0 Å². The molecule has 0 unspecified atom stereocenters. The Labute approximate surface area is 113 Å². The van der Waals surface area contributed by atoms with E-state index in [0.717, 1.165) is 5.56 Å². The van der Waals surface area contributed by atoms with E-state index < -0.39 is 0 Å². The number of carbonyl (C=O) groups is 1. The standard InChI is InChI=1S/C17H17NO/c1-2-9-16(14-10-5-3-6-11-14)18-17(19)15-12-7-4-8-13-15/h2-8,10-13,16H,1,9H2,(H,18,19)/t16-/m1/s1. The van der Waals surface area contributed by atoms with Crippen molar-refractivity contribution < 1.29 is 4.79 Å². The molecule has 0 radical (unpaired) electrons. The Morgan fingerprint density at radius 3 is 2.21 bits per heavy atom. The number of hydrogen-bond acceptors (Lipinski definition) is 1. The average molecular weight is 251 g/mol. The fourth-order valence-corrected chi connectivity index (χ4v) is 1.96. The molecule has 2 aromatic rings. The van der Waals surface area contributed by atoms with Gasteiger partial charge in [-0.15, -0.1) is 6.58 Å². The predicted molar refractivity (Wildman–Crippen MR) is 77.9 cm³/mol. The van der Waals surface area contributed by atoms with Crippen molar-refractivity contribution >= 4 is 5.91 Å². The average Bonchev–Trinajstić information content (AvgIpc) is 2.48. The van der Waals surface area contributed by atoms with E-state index >= 15 is 0 Å². The van der Waals surface area contributed by atoms with Crippen LogP contribution in [0.2, 0.25) is 0 Å². The Balaban J connectivity index is 2.14. The van der Waals surface area contributed by atoms with Crippen LogP contribution in [0, 0.1) is 0 Å². The molecule has 0 aliphatic rings. The molecule has 2 heteroatoms. The molecular weight excluding hydrogens is 234 g/mol. The van der Waals surface area contributed by atoms with Gasteiger partial charge in [0.25, 0.3) is 5.91 Å². The van der Waals surface area contributed by atoms with Gasteiger partial charge in [0.1, 0.15) is 0 Å². The largest absolute Gasteiger partial charge is 0.345 e. The van der Waals surface area contributed by atoms with E-state index in [0.29, 0.717) is 12.0 Å². The Bertz CT molecular complexity index is 534. The highest BCUT2D eigenvalue weighted by Crippen LogP contribution is 2.17. The zero-order chi connectivity index (χ0) is 13.5. The first-order valence-corrected chi connectivity index (χ1v) is 6.33. The molecule has 0 aliphatic heterocycles. The molecule has 0 aliphatic carbocycles. The van der Waals surface area contributed by atoms with Crippen molar-refractivity contribution in [3.8, 4) is 0 Å². The van der Waals surface area contributed by atoms with E-state index in [-0.39, 0.29) is 11.9 Å². The molecule has 0 bridgehead atoms. The molecule has 0 fully saturated rings. The molecule has 0 aromatic heterocycles. The van der Waals surface area contributed by atoms with Gasteiger partial charge >= 0.3 is 0 Å². The van der Waals surface area contributed by atoms with Crippen molar-refractivity contribution in [2.45, 2.75) is 12.5 Å². The van der Waals surface area contributed by atoms with Crippen LogP contribution in [0.3, 0.4) is 0 Å². The second-order valence-corrected chi connectivity index (χ2v) is 4.33. The van der Waals surface area contributed by atoms with Gasteiger partial charge in [0.15, 0.2) is 0 Å². The first kappa shape index (κ1) is 13.1. The van der Waals surface area contributed by atoms with Crippen LogP contribution in [0.4, 0.5) is 0 Å². The third-order valence-electron chi connectivity index (χ3n) is 2.95. The molecule has 0 heterocycles.